The van der Waals surface area contributed by atoms with Crippen molar-refractivity contribution in [2.24, 2.45) is 11.8 Å². The quantitative estimate of drug-likeness (QED) is 0.628. The van der Waals surface area contributed by atoms with Crippen molar-refractivity contribution in [2.45, 2.75) is 19.8 Å². The lowest BCUT2D eigenvalue weighted by atomic mass is 9.82. The highest BCUT2D eigenvalue weighted by atomic mass is 35.5. The highest BCUT2D eigenvalue weighted by Gasteiger charge is 2.49. The minimum absolute atomic E-state index is 0.185. The number of hydrogen-bond donors (Lipinski definition) is 0. The van der Waals surface area contributed by atoms with E-state index in [-0.39, 0.29) is 23.7 Å². The predicted molar refractivity (Wildman–Crippen MR) is 87.0 cm³/mol. The van der Waals surface area contributed by atoms with E-state index in [1.54, 1.807) is 12.1 Å². The van der Waals surface area contributed by atoms with E-state index in [2.05, 4.69) is 0 Å². The molecule has 0 N–H and O–H groups in total. The molecule has 2 aliphatic rings. The first-order valence-corrected chi connectivity index (χ1v) is 7.80. The van der Waals surface area contributed by atoms with Gasteiger partial charge in [0.05, 0.1) is 36.8 Å². The van der Waals surface area contributed by atoms with Gasteiger partial charge in [0.15, 0.2) is 0 Å². The molecule has 0 saturated carbocycles. The first kappa shape index (κ1) is 15.9. The molecule has 0 aromatic heterocycles. The normalized spacial score (nSPS) is 23.7. The molecule has 2 atom stereocenters. The van der Waals surface area contributed by atoms with E-state index in [0.29, 0.717) is 35.1 Å². The van der Waals surface area contributed by atoms with Gasteiger partial charge in [-0.05, 0) is 19.8 Å². The Labute approximate surface area is 139 Å². The molecular weight excluding hydrogens is 318 g/mol. The Hall–Kier alpha value is -2.01. The Morgan fingerprint density at radius 1 is 1.09 bits per heavy atom. The van der Waals surface area contributed by atoms with E-state index in [9.17, 15) is 9.59 Å². The van der Waals surface area contributed by atoms with Crippen molar-refractivity contribution in [3.05, 3.63) is 28.8 Å². The van der Waals surface area contributed by atoms with Crippen LogP contribution in [0.25, 0.3) is 0 Å². The van der Waals surface area contributed by atoms with Crippen molar-refractivity contribution in [3.63, 3.8) is 0 Å². The topological polar surface area (TPSA) is 55.8 Å². The van der Waals surface area contributed by atoms with Crippen LogP contribution in [0.5, 0.6) is 11.5 Å². The maximum atomic E-state index is 12.8. The van der Waals surface area contributed by atoms with Gasteiger partial charge in [-0.1, -0.05) is 23.3 Å². The van der Waals surface area contributed by atoms with E-state index < -0.39 is 0 Å². The molecule has 2 unspecified atom stereocenters. The molecule has 1 aliphatic carbocycles. The molecule has 6 heteroatoms. The molecule has 23 heavy (non-hydrogen) atoms. The molecule has 0 spiro atoms. The summed E-state index contributed by atoms with van der Waals surface area (Å²) < 4.78 is 10.5. The number of nitrogens with zero attached hydrogens (tertiary/aromatic N) is 1. The lowest BCUT2D eigenvalue weighted by Crippen LogP contribution is -2.31. The maximum Gasteiger partial charge on any atom is 0.238 e. The molecule has 1 saturated heterocycles. The summed E-state index contributed by atoms with van der Waals surface area (Å²) in [5.41, 5.74) is 1.53. The van der Waals surface area contributed by atoms with Crippen LogP contribution < -0.4 is 14.4 Å². The van der Waals surface area contributed by atoms with E-state index in [1.807, 2.05) is 13.0 Å². The van der Waals surface area contributed by atoms with Crippen LogP contribution in [0.3, 0.4) is 0 Å². The number of rotatable bonds is 3. The van der Waals surface area contributed by atoms with E-state index >= 15 is 0 Å². The molecule has 1 aliphatic heterocycles. The first-order valence-electron chi connectivity index (χ1n) is 7.43. The molecule has 0 bridgehead atoms. The Kier molecular flexibility index (Phi) is 4.06. The number of imide groups is 1. The first-order chi connectivity index (χ1) is 11.0. The van der Waals surface area contributed by atoms with Crippen molar-refractivity contribution < 1.29 is 19.1 Å². The smallest absolute Gasteiger partial charge is 0.238 e. The number of anilines is 1. The molecular formula is C17H18ClNO4. The molecule has 5 nitrogen and oxygen atoms in total. The van der Waals surface area contributed by atoms with Crippen LogP contribution in [0.2, 0.25) is 5.02 Å². The number of carbonyl (C=O) groups excluding carboxylic acids is 2. The van der Waals surface area contributed by atoms with Crippen molar-refractivity contribution in [2.75, 3.05) is 19.1 Å². The highest BCUT2D eigenvalue weighted by Crippen LogP contribution is 2.44. The monoisotopic (exact) mass is 335 g/mol. The molecule has 0 radical (unpaired) electrons. The molecule has 1 aromatic carbocycles. The number of amides is 2. The Morgan fingerprint density at radius 3 is 2.39 bits per heavy atom. The Bertz CT molecular complexity index is 713. The molecule has 1 heterocycles. The Morgan fingerprint density at radius 2 is 1.74 bits per heavy atom. The zero-order valence-corrected chi connectivity index (χ0v) is 14.0. The van der Waals surface area contributed by atoms with Crippen LogP contribution in [-0.2, 0) is 9.59 Å². The number of allylic oxidation sites excluding steroid dienone is 2. The van der Waals surface area contributed by atoms with Gasteiger partial charge >= 0.3 is 0 Å². The molecule has 1 aromatic rings. The van der Waals surface area contributed by atoms with Crippen LogP contribution in [-0.4, -0.2) is 26.0 Å². The average Bonchev–Trinajstić information content (AvgIpc) is 2.78. The van der Waals surface area contributed by atoms with Crippen LogP contribution >= 0.6 is 11.6 Å². The van der Waals surface area contributed by atoms with Crippen LogP contribution in [0.15, 0.2) is 23.8 Å². The summed E-state index contributed by atoms with van der Waals surface area (Å²) in [4.78, 5) is 26.8. The number of hydrogen-bond acceptors (Lipinski definition) is 4. The van der Waals surface area contributed by atoms with Gasteiger partial charge in [-0.25, -0.2) is 4.90 Å². The second kappa shape index (κ2) is 5.89. The highest BCUT2D eigenvalue weighted by molar-refractivity contribution is 6.32. The molecule has 1 fully saturated rings. The number of ether oxygens (including phenoxy) is 2. The lowest BCUT2D eigenvalue weighted by molar-refractivity contribution is -0.122. The van der Waals surface area contributed by atoms with E-state index in [0.717, 1.165) is 5.57 Å². The van der Waals surface area contributed by atoms with Crippen molar-refractivity contribution in [1.29, 1.82) is 0 Å². The molecule has 3 rings (SSSR count). The largest absolute Gasteiger partial charge is 0.495 e. The van der Waals surface area contributed by atoms with Gasteiger partial charge in [0.25, 0.3) is 0 Å². The van der Waals surface area contributed by atoms with Crippen molar-refractivity contribution in [3.8, 4) is 11.5 Å². The number of fused-ring (bicyclic) bond motifs is 1. The van der Waals surface area contributed by atoms with Gasteiger partial charge in [0, 0.05) is 12.1 Å². The summed E-state index contributed by atoms with van der Waals surface area (Å²) in [5, 5.41) is 0.363. The predicted octanol–water partition coefficient (Wildman–Crippen LogP) is 3.20. The Balaban J connectivity index is 2.06. The minimum Gasteiger partial charge on any atom is -0.495 e. The van der Waals surface area contributed by atoms with Crippen molar-refractivity contribution >= 4 is 29.1 Å². The number of carbonyl (C=O) groups is 2. The molecule has 122 valence electrons. The minimum atomic E-state index is -0.294. The van der Waals surface area contributed by atoms with Gasteiger partial charge in [-0.15, -0.1) is 0 Å². The summed E-state index contributed by atoms with van der Waals surface area (Å²) in [5.74, 6) is -0.189. The van der Waals surface area contributed by atoms with Crippen molar-refractivity contribution in [1.82, 2.24) is 0 Å². The van der Waals surface area contributed by atoms with Gasteiger partial charge in [0.2, 0.25) is 11.8 Å². The van der Waals surface area contributed by atoms with Crippen LogP contribution in [0.4, 0.5) is 5.69 Å². The standard InChI is InChI=1S/C17H18ClNO4/c1-9-4-5-10-11(6-9)17(21)19(16(10)20)13-8-14(22-2)12(18)7-15(13)23-3/h4,7-8,10-11H,5-6H2,1-3H3. The van der Waals surface area contributed by atoms with Gasteiger partial charge in [-0.3, -0.25) is 9.59 Å². The third kappa shape index (κ3) is 2.49. The van der Waals surface area contributed by atoms with Gasteiger partial charge < -0.3 is 9.47 Å². The molecule has 2 amide bonds. The zero-order valence-electron chi connectivity index (χ0n) is 13.3. The van der Waals surface area contributed by atoms with Crippen LogP contribution in [0.1, 0.15) is 19.8 Å². The van der Waals surface area contributed by atoms with E-state index in [4.69, 9.17) is 21.1 Å². The summed E-state index contributed by atoms with van der Waals surface area (Å²) >= 11 is 6.10. The maximum absolute atomic E-state index is 12.8. The fraction of sp³-hybridized carbons (Fsp3) is 0.412. The van der Waals surface area contributed by atoms with Gasteiger partial charge in [0.1, 0.15) is 11.5 Å². The SMILES string of the molecule is COc1cc(N2C(=O)C3CC=C(C)CC3C2=O)c(OC)cc1Cl. The van der Waals surface area contributed by atoms with Gasteiger partial charge in [-0.2, -0.15) is 0 Å². The third-order valence-corrected chi connectivity index (χ3v) is 4.81. The summed E-state index contributed by atoms with van der Waals surface area (Å²) in [6.45, 7) is 1.99. The summed E-state index contributed by atoms with van der Waals surface area (Å²) in [6.07, 6.45) is 3.26. The second-order valence-electron chi connectivity index (χ2n) is 5.87. The number of methoxy groups -OCH3 is 2. The third-order valence-electron chi connectivity index (χ3n) is 4.52. The van der Waals surface area contributed by atoms with E-state index in [1.165, 1.54) is 19.1 Å². The zero-order chi connectivity index (χ0) is 16.7. The summed E-state index contributed by atoms with van der Waals surface area (Å²) in [7, 11) is 2.96. The number of halogens is 1. The fourth-order valence-corrected chi connectivity index (χ4v) is 3.52. The second-order valence-corrected chi connectivity index (χ2v) is 6.28. The lowest BCUT2D eigenvalue weighted by Gasteiger charge is -2.19. The summed E-state index contributed by atoms with van der Waals surface area (Å²) in [6, 6.07) is 3.14. The average molecular weight is 336 g/mol. The van der Waals surface area contributed by atoms with Crippen LogP contribution in [0, 0.1) is 11.8 Å². The number of benzene rings is 1. The fourth-order valence-electron chi connectivity index (χ4n) is 3.29.